The Balaban J connectivity index is 0. The Morgan fingerprint density at radius 2 is 1.43 bits per heavy atom. The van der Waals surface area contributed by atoms with Crippen LogP contribution >= 0.6 is 11.8 Å². The van der Waals surface area contributed by atoms with Gasteiger partial charge < -0.3 is 5.73 Å². The largest absolute Gasteiger partial charge is 0.328 e. The number of rotatable bonds is 0. The van der Waals surface area contributed by atoms with Crippen LogP contribution in [0, 0.1) is 17.2 Å². The minimum Gasteiger partial charge on any atom is -0.328 e. The molecular formula is C11H24N2S. The zero-order chi connectivity index (χ0) is 11.4. The van der Waals surface area contributed by atoms with Crippen molar-refractivity contribution in [2.75, 3.05) is 11.5 Å². The topological polar surface area (TPSA) is 49.8 Å². The van der Waals surface area contributed by atoms with Crippen molar-refractivity contribution >= 4 is 11.8 Å². The van der Waals surface area contributed by atoms with Crippen LogP contribution in [-0.4, -0.2) is 17.5 Å². The molecule has 0 amide bonds. The third-order valence-electron chi connectivity index (χ3n) is 1.09. The van der Waals surface area contributed by atoms with Crippen LogP contribution in [0.25, 0.3) is 0 Å². The SMILES string of the molecule is C1CCSC1.CC(C)C#N.CC(C)N. The molecule has 1 aliphatic heterocycles. The molecule has 0 aliphatic carbocycles. The van der Waals surface area contributed by atoms with Crippen molar-refractivity contribution in [3.8, 4) is 6.07 Å². The van der Waals surface area contributed by atoms with Gasteiger partial charge in [0.05, 0.1) is 6.07 Å². The van der Waals surface area contributed by atoms with E-state index in [0.29, 0.717) is 6.04 Å². The Morgan fingerprint density at radius 1 is 1.14 bits per heavy atom. The van der Waals surface area contributed by atoms with Crippen LogP contribution in [0.15, 0.2) is 0 Å². The Labute approximate surface area is 93.3 Å². The van der Waals surface area contributed by atoms with E-state index >= 15 is 0 Å². The second-order valence-corrected chi connectivity index (χ2v) is 5.07. The van der Waals surface area contributed by atoms with E-state index in [0.717, 1.165) is 0 Å². The van der Waals surface area contributed by atoms with Crippen molar-refractivity contribution in [3.05, 3.63) is 0 Å². The van der Waals surface area contributed by atoms with Gasteiger partial charge in [-0.25, -0.2) is 0 Å². The molecule has 2 nitrogen and oxygen atoms in total. The summed E-state index contributed by atoms with van der Waals surface area (Å²) in [7, 11) is 0. The van der Waals surface area contributed by atoms with E-state index < -0.39 is 0 Å². The molecular weight excluding hydrogens is 192 g/mol. The molecule has 1 rings (SSSR count). The van der Waals surface area contributed by atoms with E-state index in [1.165, 1.54) is 24.3 Å². The second kappa shape index (κ2) is 12.8. The summed E-state index contributed by atoms with van der Waals surface area (Å²) in [5, 5.41) is 7.89. The fourth-order valence-electron chi connectivity index (χ4n) is 0.510. The molecule has 0 radical (unpaired) electrons. The second-order valence-electron chi connectivity index (χ2n) is 3.85. The minimum absolute atomic E-state index is 0.190. The lowest BCUT2D eigenvalue weighted by molar-refractivity contribution is 0.834. The van der Waals surface area contributed by atoms with Gasteiger partial charge in [-0.05, 0) is 44.2 Å². The molecule has 0 spiro atoms. The smallest absolute Gasteiger partial charge is 0.0649 e. The fraction of sp³-hybridized carbons (Fsp3) is 0.909. The van der Waals surface area contributed by atoms with Gasteiger partial charge in [-0.3, -0.25) is 0 Å². The maximum Gasteiger partial charge on any atom is 0.0649 e. The fourth-order valence-corrected chi connectivity index (χ4v) is 1.53. The highest BCUT2D eigenvalue weighted by molar-refractivity contribution is 7.99. The highest BCUT2D eigenvalue weighted by Crippen LogP contribution is 2.14. The van der Waals surface area contributed by atoms with E-state index in [9.17, 15) is 0 Å². The summed E-state index contributed by atoms with van der Waals surface area (Å²) in [5.74, 6) is 3.02. The van der Waals surface area contributed by atoms with Gasteiger partial charge in [-0.2, -0.15) is 17.0 Å². The van der Waals surface area contributed by atoms with Crippen LogP contribution in [0.4, 0.5) is 0 Å². The highest BCUT2D eigenvalue weighted by atomic mass is 32.2. The number of hydrogen-bond acceptors (Lipinski definition) is 3. The van der Waals surface area contributed by atoms with Crippen LogP contribution in [0.2, 0.25) is 0 Å². The van der Waals surface area contributed by atoms with Gasteiger partial charge in [-0.1, -0.05) is 13.8 Å². The molecule has 84 valence electrons. The lowest BCUT2D eigenvalue weighted by Gasteiger charge is -1.81. The van der Waals surface area contributed by atoms with Crippen LogP contribution < -0.4 is 5.73 Å². The van der Waals surface area contributed by atoms with Crippen molar-refractivity contribution in [1.82, 2.24) is 0 Å². The summed E-state index contributed by atoms with van der Waals surface area (Å²) in [5.41, 5.74) is 5.11. The normalized spacial score (nSPS) is 13.9. The molecule has 0 aromatic heterocycles. The molecule has 0 saturated carbocycles. The first-order valence-electron chi connectivity index (χ1n) is 5.23. The van der Waals surface area contributed by atoms with Crippen molar-refractivity contribution in [2.24, 2.45) is 11.7 Å². The molecule has 2 N–H and O–H groups in total. The Bertz CT molecular complexity index is 124. The Kier molecular flexibility index (Phi) is 14.8. The number of hydrogen-bond donors (Lipinski definition) is 1. The standard InChI is InChI=1S/C4H7N.C4H8S.C3H9N/c1-4(2)3-5;1-2-4-5-3-1;1-3(2)4/h4H,1-2H3;1-4H2;3H,4H2,1-2H3. The molecule has 0 unspecified atom stereocenters. The summed E-state index contributed by atoms with van der Waals surface area (Å²) in [4.78, 5) is 0. The maximum atomic E-state index is 7.89. The average Bonchev–Trinajstić information content (AvgIpc) is 2.59. The van der Waals surface area contributed by atoms with Crippen molar-refractivity contribution in [2.45, 2.75) is 46.6 Å². The first-order valence-corrected chi connectivity index (χ1v) is 6.39. The zero-order valence-electron chi connectivity index (χ0n) is 9.92. The first kappa shape index (κ1) is 16.2. The van der Waals surface area contributed by atoms with E-state index in [4.69, 9.17) is 11.0 Å². The van der Waals surface area contributed by atoms with Gasteiger partial charge in [0.2, 0.25) is 0 Å². The van der Waals surface area contributed by atoms with Gasteiger partial charge in [0, 0.05) is 5.92 Å². The quantitative estimate of drug-likeness (QED) is 0.677. The molecule has 1 aliphatic rings. The van der Waals surface area contributed by atoms with Gasteiger partial charge in [0.25, 0.3) is 0 Å². The third-order valence-corrected chi connectivity index (χ3v) is 2.24. The predicted octanol–water partition coefficient (Wildman–Crippen LogP) is 3.03. The molecule has 0 aromatic rings. The molecule has 1 saturated heterocycles. The molecule has 1 fully saturated rings. The number of nitrogens with zero attached hydrogens (tertiary/aromatic N) is 1. The van der Waals surface area contributed by atoms with E-state index in [1.807, 2.05) is 33.8 Å². The van der Waals surface area contributed by atoms with Crippen LogP contribution in [0.1, 0.15) is 40.5 Å². The van der Waals surface area contributed by atoms with Crippen LogP contribution in [-0.2, 0) is 0 Å². The molecule has 0 aromatic carbocycles. The Morgan fingerprint density at radius 3 is 1.50 bits per heavy atom. The van der Waals surface area contributed by atoms with Gasteiger partial charge in [-0.15, -0.1) is 0 Å². The van der Waals surface area contributed by atoms with E-state index in [1.54, 1.807) is 0 Å². The zero-order valence-corrected chi connectivity index (χ0v) is 10.7. The third kappa shape index (κ3) is 29.8. The summed E-state index contributed by atoms with van der Waals surface area (Å²) in [6.07, 6.45) is 2.93. The van der Waals surface area contributed by atoms with E-state index in [2.05, 4.69) is 11.8 Å². The van der Waals surface area contributed by atoms with Gasteiger partial charge in [0.15, 0.2) is 0 Å². The lowest BCUT2D eigenvalue weighted by Crippen LogP contribution is -2.06. The average molecular weight is 216 g/mol. The van der Waals surface area contributed by atoms with Crippen LogP contribution in [0.5, 0.6) is 0 Å². The van der Waals surface area contributed by atoms with Gasteiger partial charge >= 0.3 is 0 Å². The molecule has 1 heterocycles. The number of nitrogens with two attached hydrogens (primary N) is 1. The summed E-state index contributed by atoms with van der Waals surface area (Å²) >= 11 is 2.07. The highest BCUT2D eigenvalue weighted by Gasteiger charge is 1.95. The number of nitriles is 1. The molecule has 3 heteroatoms. The molecule has 0 atom stereocenters. The predicted molar refractivity (Wildman–Crippen MR) is 66.3 cm³/mol. The van der Waals surface area contributed by atoms with Gasteiger partial charge in [0.1, 0.15) is 0 Å². The summed E-state index contributed by atoms with van der Waals surface area (Å²) in [6.45, 7) is 7.61. The monoisotopic (exact) mass is 216 g/mol. The van der Waals surface area contributed by atoms with Crippen LogP contribution in [0.3, 0.4) is 0 Å². The first-order chi connectivity index (χ1) is 6.50. The summed E-state index contributed by atoms with van der Waals surface area (Å²) in [6, 6.07) is 2.36. The number of thioether (sulfide) groups is 1. The van der Waals surface area contributed by atoms with Crippen molar-refractivity contribution in [1.29, 1.82) is 5.26 Å². The minimum atomic E-state index is 0.190. The maximum absolute atomic E-state index is 7.89. The van der Waals surface area contributed by atoms with Crippen molar-refractivity contribution < 1.29 is 0 Å². The van der Waals surface area contributed by atoms with E-state index in [-0.39, 0.29) is 5.92 Å². The molecule has 0 bridgehead atoms. The summed E-state index contributed by atoms with van der Waals surface area (Å²) < 4.78 is 0. The Hall–Kier alpha value is -0.200. The van der Waals surface area contributed by atoms with Crippen molar-refractivity contribution in [3.63, 3.8) is 0 Å². The lowest BCUT2D eigenvalue weighted by atomic mass is 10.3. The molecule has 14 heavy (non-hydrogen) atoms.